The second-order valence-electron chi connectivity index (χ2n) is 10.4. The number of nitrogens with one attached hydrogen (secondary N) is 3. The SMILES string of the molecule is COc1ccc(C[C@H]2C(=O)N[C@@H](C)C(=O)N(C)Cc3ccccc3CC(=O)N[C@@H](C)C(=O)N[C@@H](C)C(=O)N2C)cc1. The number of ether oxygens (including phenoxy) is 1. The third-order valence-electron chi connectivity index (χ3n) is 7.19. The zero-order valence-electron chi connectivity index (χ0n) is 24.4. The molecule has 5 amide bonds. The maximum Gasteiger partial charge on any atom is 0.245 e. The molecule has 3 rings (SSSR count). The van der Waals surface area contributed by atoms with Crippen molar-refractivity contribution in [3.8, 4) is 5.75 Å². The van der Waals surface area contributed by atoms with Crippen LogP contribution in [0.2, 0.25) is 0 Å². The Bertz CT molecular complexity index is 1280. The molecule has 2 aromatic carbocycles. The lowest BCUT2D eigenvalue weighted by atomic mass is 10.0. The van der Waals surface area contributed by atoms with E-state index in [2.05, 4.69) is 16.0 Å². The van der Waals surface area contributed by atoms with Crippen molar-refractivity contribution in [2.24, 2.45) is 0 Å². The van der Waals surface area contributed by atoms with E-state index in [0.717, 1.165) is 11.1 Å². The molecule has 0 spiro atoms. The van der Waals surface area contributed by atoms with Crippen LogP contribution in [-0.4, -0.2) is 84.7 Å². The Kier molecular flexibility index (Phi) is 10.5. The summed E-state index contributed by atoms with van der Waals surface area (Å²) in [4.78, 5) is 68.6. The normalized spacial score (nSPS) is 23.5. The molecule has 0 bridgehead atoms. The largest absolute Gasteiger partial charge is 0.497 e. The van der Waals surface area contributed by atoms with Crippen molar-refractivity contribution >= 4 is 29.5 Å². The van der Waals surface area contributed by atoms with Gasteiger partial charge in [-0.1, -0.05) is 36.4 Å². The summed E-state index contributed by atoms with van der Waals surface area (Å²) >= 11 is 0. The van der Waals surface area contributed by atoms with Crippen molar-refractivity contribution in [1.82, 2.24) is 25.8 Å². The van der Waals surface area contributed by atoms with Crippen LogP contribution >= 0.6 is 0 Å². The maximum absolute atomic E-state index is 13.6. The van der Waals surface area contributed by atoms with Gasteiger partial charge in [-0.05, 0) is 49.6 Å². The molecule has 1 heterocycles. The number of fused-ring (bicyclic) bond motifs is 1. The number of carbonyl (C=O) groups excluding carboxylic acids is 5. The zero-order chi connectivity index (χ0) is 30.3. The molecule has 0 aromatic heterocycles. The van der Waals surface area contributed by atoms with Crippen LogP contribution in [0.1, 0.15) is 37.5 Å². The van der Waals surface area contributed by atoms with E-state index in [1.807, 2.05) is 12.1 Å². The van der Waals surface area contributed by atoms with Crippen molar-refractivity contribution in [2.45, 2.75) is 64.3 Å². The van der Waals surface area contributed by atoms with Gasteiger partial charge >= 0.3 is 0 Å². The highest BCUT2D eigenvalue weighted by Gasteiger charge is 2.33. The third-order valence-corrected chi connectivity index (χ3v) is 7.19. The molecule has 1 aliphatic rings. The smallest absolute Gasteiger partial charge is 0.245 e. The van der Waals surface area contributed by atoms with E-state index in [9.17, 15) is 24.0 Å². The van der Waals surface area contributed by atoms with Crippen LogP contribution in [0.25, 0.3) is 0 Å². The van der Waals surface area contributed by atoms with Crippen LogP contribution in [0, 0.1) is 0 Å². The van der Waals surface area contributed by atoms with E-state index >= 15 is 0 Å². The fraction of sp³-hybridized carbons (Fsp3) is 0.433. The van der Waals surface area contributed by atoms with Crippen LogP contribution in [0.5, 0.6) is 5.75 Å². The Hall–Kier alpha value is -4.41. The number of hydrogen-bond donors (Lipinski definition) is 3. The first kappa shape index (κ1) is 31.1. The number of carbonyl (C=O) groups is 5. The predicted molar refractivity (Wildman–Crippen MR) is 153 cm³/mol. The molecule has 0 radical (unpaired) electrons. The molecule has 11 nitrogen and oxygen atoms in total. The van der Waals surface area contributed by atoms with Gasteiger partial charge in [-0.25, -0.2) is 0 Å². The molecule has 41 heavy (non-hydrogen) atoms. The molecule has 4 atom stereocenters. The summed E-state index contributed by atoms with van der Waals surface area (Å²) in [6.45, 7) is 4.85. The summed E-state index contributed by atoms with van der Waals surface area (Å²) in [5, 5.41) is 8.08. The first-order valence-corrected chi connectivity index (χ1v) is 13.5. The molecule has 3 N–H and O–H groups in total. The van der Waals surface area contributed by atoms with Gasteiger partial charge in [-0.3, -0.25) is 24.0 Å². The molecule has 0 saturated carbocycles. The number of amides is 5. The summed E-state index contributed by atoms with van der Waals surface area (Å²) in [6, 6.07) is 10.6. The van der Waals surface area contributed by atoms with Crippen LogP contribution in [0.3, 0.4) is 0 Å². The Labute approximate surface area is 240 Å². The quantitative estimate of drug-likeness (QED) is 0.504. The molecule has 220 valence electrons. The van der Waals surface area contributed by atoms with E-state index in [-0.39, 0.29) is 31.2 Å². The third kappa shape index (κ3) is 8.06. The Morgan fingerprint density at radius 1 is 0.756 bits per heavy atom. The fourth-order valence-electron chi connectivity index (χ4n) is 4.70. The van der Waals surface area contributed by atoms with Gasteiger partial charge in [0.25, 0.3) is 0 Å². The minimum atomic E-state index is -0.984. The van der Waals surface area contributed by atoms with E-state index in [0.29, 0.717) is 11.3 Å². The first-order valence-electron chi connectivity index (χ1n) is 13.5. The standard InChI is InChI=1S/C30H39N5O6/c1-18-27(37)32-20(3)30(40)35(5)25(15-21-11-13-24(41-6)14-12-21)28(38)33-19(2)29(39)34(4)17-23-10-8-7-9-22(23)16-26(36)31-18/h7-14,18-20,25H,15-17H2,1-6H3,(H,31,36)(H,32,37)(H,33,38)/t18-,19-,20-,25-/m0/s1. The van der Waals surface area contributed by atoms with Gasteiger partial charge in [0.05, 0.1) is 13.5 Å². The average molecular weight is 566 g/mol. The van der Waals surface area contributed by atoms with Gasteiger partial charge < -0.3 is 30.5 Å². The zero-order valence-corrected chi connectivity index (χ0v) is 24.4. The first-order chi connectivity index (χ1) is 19.4. The van der Waals surface area contributed by atoms with E-state index in [1.54, 1.807) is 57.5 Å². The molecule has 0 aliphatic carbocycles. The highest BCUT2D eigenvalue weighted by atomic mass is 16.5. The van der Waals surface area contributed by atoms with Crippen LogP contribution in [0.4, 0.5) is 0 Å². The number of nitrogens with zero attached hydrogens (tertiary/aromatic N) is 2. The summed E-state index contributed by atoms with van der Waals surface area (Å²) in [5.74, 6) is -1.59. The molecule has 1 aliphatic heterocycles. The summed E-state index contributed by atoms with van der Waals surface area (Å²) in [5.41, 5.74) is 2.25. The molecule has 0 fully saturated rings. The summed E-state index contributed by atoms with van der Waals surface area (Å²) < 4.78 is 5.21. The van der Waals surface area contributed by atoms with E-state index in [4.69, 9.17) is 4.74 Å². The minimum absolute atomic E-state index is 0.00632. The second kappa shape index (κ2) is 13.8. The lowest BCUT2D eigenvalue weighted by molar-refractivity contribution is -0.143. The predicted octanol–water partition coefficient (Wildman–Crippen LogP) is 0.794. The van der Waals surface area contributed by atoms with Gasteiger partial charge in [-0.2, -0.15) is 0 Å². The van der Waals surface area contributed by atoms with E-state index in [1.165, 1.54) is 30.7 Å². The number of rotatable bonds is 3. The Morgan fingerprint density at radius 2 is 1.34 bits per heavy atom. The highest BCUT2D eigenvalue weighted by Crippen LogP contribution is 2.17. The number of hydrogen-bond acceptors (Lipinski definition) is 6. The van der Waals surface area contributed by atoms with Crippen LogP contribution in [-0.2, 0) is 43.4 Å². The van der Waals surface area contributed by atoms with Gasteiger partial charge in [0.1, 0.15) is 29.9 Å². The van der Waals surface area contributed by atoms with Crippen molar-refractivity contribution in [3.63, 3.8) is 0 Å². The van der Waals surface area contributed by atoms with Crippen molar-refractivity contribution < 1.29 is 28.7 Å². The average Bonchev–Trinajstić information content (AvgIpc) is 2.95. The fourth-order valence-corrected chi connectivity index (χ4v) is 4.70. The summed E-state index contributed by atoms with van der Waals surface area (Å²) in [7, 11) is 4.66. The molecular formula is C30H39N5O6. The Morgan fingerprint density at radius 3 is 1.98 bits per heavy atom. The van der Waals surface area contributed by atoms with Crippen molar-refractivity contribution in [2.75, 3.05) is 21.2 Å². The minimum Gasteiger partial charge on any atom is -0.497 e. The lowest BCUT2D eigenvalue weighted by Crippen LogP contribution is -2.58. The monoisotopic (exact) mass is 565 g/mol. The van der Waals surface area contributed by atoms with Crippen molar-refractivity contribution in [3.05, 3.63) is 65.2 Å². The van der Waals surface area contributed by atoms with E-state index < -0.39 is 41.9 Å². The molecule has 2 aromatic rings. The van der Waals surface area contributed by atoms with Crippen molar-refractivity contribution in [1.29, 1.82) is 0 Å². The lowest BCUT2D eigenvalue weighted by Gasteiger charge is -2.32. The molecule has 11 heteroatoms. The maximum atomic E-state index is 13.6. The molecular weight excluding hydrogens is 526 g/mol. The number of likely N-dealkylation sites (N-methyl/N-ethyl adjacent to an activating group) is 2. The summed E-state index contributed by atoms with van der Waals surface area (Å²) in [6.07, 6.45) is 0.168. The molecule has 0 saturated heterocycles. The Balaban J connectivity index is 1.95. The second-order valence-corrected chi connectivity index (χ2v) is 10.4. The topological polar surface area (TPSA) is 137 Å². The molecule has 0 unspecified atom stereocenters. The van der Waals surface area contributed by atoms with Crippen LogP contribution < -0.4 is 20.7 Å². The highest BCUT2D eigenvalue weighted by molar-refractivity contribution is 5.95. The number of benzene rings is 2. The van der Waals surface area contributed by atoms with Gasteiger partial charge in [0.15, 0.2) is 0 Å². The van der Waals surface area contributed by atoms with Crippen LogP contribution in [0.15, 0.2) is 48.5 Å². The van der Waals surface area contributed by atoms with Gasteiger partial charge in [0, 0.05) is 27.1 Å². The number of methoxy groups -OCH3 is 1. The van der Waals surface area contributed by atoms with Gasteiger partial charge in [0.2, 0.25) is 29.5 Å². The van der Waals surface area contributed by atoms with Gasteiger partial charge in [-0.15, -0.1) is 0 Å².